The van der Waals surface area contributed by atoms with Crippen LogP contribution >= 0.6 is 0 Å². The zero-order valence-corrected chi connectivity index (χ0v) is 16.5. The van der Waals surface area contributed by atoms with Crippen molar-refractivity contribution in [3.8, 4) is 11.5 Å². The topological polar surface area (TPSA) is 121 Å². The number of carbonyl (C=O) groups is 3. The molecular formula is C21H20N4O5. The number of benzene rings is 2. The summed E-state index contributed by atoms with van der Waals surface area (Å²) in [5.41, 5.74) is 2.90. The number of amides is 3. The second-order valence-corrected chi connectivity index (χ2v) is 7.21. The van der Waals surface area contributed by atoms with Crippen molar-refractivity contribution in [3.63, 3.8) is 0 Å². The summed E-state index contributed by atoms with van der Waals surface area (Å²) >= 11 is 0. The van der Waals surface area contributed by atoms with Crippen LogP contribution in [0.15, 0.2) is 40.6 Å². The Hall–Kier alpha value is -3.75. The summed E-state index contributed by atoms with van der Waals surface area (Å²) in [6, 6.07) is 7.59. The zero-order valence-electron chi connectivity index (χ0n) is 16.5. The van der Waals surface area contributed by atoms with E-state index in [1.54, 1.807) is 31.2 Å². The van der Waals surface area contributed by atoms with Crippen molar-refractivity contribution in [1.29, 1.82) is 0 Å². The van der Waals surface area contributed by atoms with Crippen LogP contribution in [-0.2, 0) is 16.1 Å². The number of methoxy groups -OCH3 is 1. The Balaban J connectivity index is 1.63. The minimum atomic E-state index is -0.684. The van der Waals surface area contributed by atoms with Crippen molar-refractivity contribution in [1.82, 2.24) is 10.2 Å². The number of nitrogens with one attached hydrogen (secondary N) is 1. The third-order valence-electron chi connectivity index (χ3n) is 5.32. The number of phenols is 1. The highest BCUT2D eigenvalue weighted by Crippen LogP contribution is 2.37. The molecule has 4 rings (SSSR count). The van der Waals surface area contributed by atoms with Gasteiger partial charge in [0.1, 0.15) is 6.04 Å². The summed E-state index contributed by atoms with van der Waals surface area (Å²) in [6.45, 7) is 2.00. The number of phenolic OH excluding ortho intramolecular Hbond substituents is 1. The normalized spacial score (nSPS) is 18.7. The number of rotatable bonds is 4. The molecule has 3 amide bonds. The van der Waals surface area contributed by atoms with Crippen LogP contribution in [0.4, 0.5) is 11.4 Å². The highest BCUT2D eigenvalue weighted by Gasteiger charge is 2.39. The van der Waals surface area contributed by atoms with Gasteiger partial charge in [-0.05, 0) is 37.1 Å². The number of hydrogen-bond donors (Lipinski definition) is 2. The van der Waals surface area contributed by atoms with Gasteiger partial charge in [0.15, 0.2) is 11.5 Å². The minimum absolute atomic E-state index is 0.0139. The molecule has 154 valence electrons. The maximum Gasteiger partial charge on any atom is 0.255 e. The first-order valence-electron chi connectivity index (χ1n) is 9.45. The van der Waals surface area contributed by atoms with Crippen LogP contribution < -0.4 is 10.1 Å². The Morgan fingerprint density at radius 3 is 2.67 bits per heavy atom. The SMILES string of the molecule is COc1cc(N=Nc2cccc3c2CN(C2CCC(=O)NC2=O)C3=O)c(C)cc1O. The van der Waals surface area contributed by atoms with Crippen molar-refractivity contribution in [2.45, 2.75) is 32.4 Å². The molecule has 1 fully saturated rings. The summed E-state index contributed by atoms with van der Waals surface area (Å²) in [7, 11) is 1.45. The number of piperidine rings is 1. The second kappa shape index (κ2) is 7.58. The van der Waals surface area contributed by atoms with E-state index < -0.39 is 11.9 Å². The van der Waals surface area contributed by atoms with E-state index >= 15 is 0 Å². The fraction of sp³-hybridized carbons (Fsp3) is 0.286. The first-order valence-corrected chi connectivity index (χ1v) is 9.45. The highest BCUT2D eigenvalue weighted by atomic mass is 16.5. The molecule has 2 aromatic rings. The maximum absolute atomic E-state index is 12.9. The molecule has 1 saturated heterocycles. The van der Waals surface area contributed by atoms with E-state index in [9.17, 15) is 19.5 Å². The molecule has 0 aromatic heterocycles. The van der Waals surface area contributed by atoms with Gasteiger partial charge in [0.05, 0.1) is 18.5 Å². The van der Waals surface area contributed by atoms with Gasteiger partial charge in [-0.3, -0.25) is 19.7 Å². The fourth-order valence-electron chi connectivity index (χ4n) is 3.70. The number of carbonyl (C=O) groups excluding carboxylic acids is 3. The Labute approximate surface area is 172 Å². The lowest BCUT2D eigenvalue weighted by Gasteiger charge is -2.29. The lowest BCUT2D eigenvalue weighted by atomic mass is 10.0. The average Bonchev–Trinajstić information content (AvgIpc) is 3.04. The molecule has 0 aliphatic carbocycles. The van der Waals surface area contributed by atoms with E-state index in [4.69, 9.17) is 4.74 Å². The predicted molar refractivity (Wildman–Crippen MR) is 106 cm³/mol. The van der Waals surface area contributed by atoms with Crippen LogP contribution in [0.3, 0.4) is 0 Å². The number of aromatic hydroxyl groups is 1. The molecule has 2 N–H and O–H groups in total. The zero-order chi connectivity index (χ0) is 21.4. The van der Waals surface area contributed by atoms with Crippen LogP contribution in [0.25, 0.3) is 0 Å². The quantitative estimate of drug-likeness (QED) is 0.595. The fourth-order valence-corrected chi connectivity index (χ4v) is 3.70. The molecule has 2 aliphatic rings. The number of fused-ring (bicyclic) bond motifs is 1. The summed E-state index contributed by atoms with van der Waals surface area (Å²) < 4.78 is 5.11. The van der Waals surface area contributed by atoms with Gasteiger partial charge in [0, 0.05) is 30.2 Å². The molecule has 0 radical (unpaired) electrons. The van der Waals surface area contributed by atoms with Gasteiger partial charge in [-0.15, -0.1) is 0 Å². The van der Waals surface area contributed by atoms with Crippen molar-refractivity contribution in [3.05, 3.63) is 47.0 Å². The maximum atomic E-state index is 12.9. The van der Waals surface area contributed by atoms with E-state index in [0.717, 1.165) is 0 Å². The van der Waals surface area contributed by atoms with Crippen LogP contribution in [0.5, 0.6) is 11.5 Å². The average molecular weight is 408 g/mol. The first kappa shape index (κ1) is 19.6. The molecule has 0 spiro atoms. The lowest BCUT2D eigenvalue weighted by molar-refractivity contribution is -0.136. The van der Waals surface area contributed by atoms with Gasteiger partial charge in [-0.1, -0.05) is 6.07 Å². The summed E-state index contributed by atoms with van der Waals surface area (Å²) in [5, 5.41) is 20.7. The van der Waals surface area contributed by atoms with Gasteiger partial charge in [-0.25, -0.2) is 0 Å². The minimum Gasteiger partial charge on any atom is -0.504 e. The Kier molecular flexibility index (Phi) is 4.94. The molecule has 0 saturated carbocycles. The first-order chi connectivity index (χ1) is 14.4. The van der Waals surface area contributed by atoms with E-state index in [0.29, 0.717) is 34.5 Å². The third-order valence-corrected chi connectivity index (χ3v) is 5.32. The van der Waals surface area contributed by atoms with E-state index in [1.807, 2.05) is 0 Å². The molecule has 1 unspecified atom stereocenters. The van der Waals surface area contributed by atoms with E-state index in [2.05, 4.69) is 15.5 Å². The van der Waals surface area contributed by atoms with Gasteiger partial charge < -0.3 is 14.7 Å². The second-order valence-electron chi connectivity index (χ2n) is 7.21. The van der Waals surface area contributed by atoms with Crippen LogP contribution in [0.1, 0.15) is 34.3 Å². The molecule has 2 aromatic carbocycles. The van der Waals surface area contributed by atoms with Crippen LogP contribution in [0.2, 0.25) is 0 Å². The van der Waals surface area contributed by atoms with Crippen molar-refractivity contribution in [2.24, 2.45) is 10.2 Å². The Morgan fingerprint density at radius 1 is 1.17 bits per heavy atom. The highest BCUT2D eigenvalue weighted by molar-refractivity contribution is 6.06. The monoisotopic (exact) mass is 408 g/mol. The van der Waals surface area contributed by atoms with Crippen molar-refractivity contribution >= 4 is 29.1 Å². The van der Waals surface area contributed by atoms with Gasteiger partial charge in [0.25, 0.3) is 5.91 Å². The number of imide groups is 1. The number of hydrogen-bond acceptors (Lipinski definition) is 7. The van der Waals surface area contributed by atoms with Crippen molar-refractivity contribution in [2.75, 3.05) is 7.11 Å². The molecule has 30 heavy (non-hydrogen) atoms. The smallest absolute Gasteiger partial charge is 0.255 e. The molecule has 9 nitrogen and oxygen atoms in total. The lowest BCUT2D eigenvalue weighted by Crippen LogP contribution is -2.52. The van der Waals surface area contributed by atoms with Gasteiger partial charge in [0.2, 0.25) is 11.8 Å². The number of ether oxygens (including phenoxy) is 1. The molecule has 0 bridgehead atoms. The third kappa shape index (κ3) is 3.38. The van der Waals surface area contributed by atoms with Crippen LogP contribution in [0, 0.1) is 6.92 Å². The van der Waals surface area contributed by atoms with E-state index in [-0.39, 0.29) is 36.3 Å². The van der Waals surface area contributed by atoms with Gasteiger partial charge in [-0.2, -0.15) is 10.2 Å². The van der Waals surface area contributed by atoms with E-state index in [1.165, 1.54) is 18.1 Å². The number of aryl methyl sites for hydroxylation is 1. The summed E-state index contributed by atoms with van der Waals surface area (Å²) in [4.78, 5) is 38.0. The molecule has 1 atom stereocenters. The van der Waals surface area contributed by atoms with Crippen molar-refractivity contribution < 1.29 is 24.2 Å². The summed E-state index contributed by atoms with van der Waals surface area (Å²) in [5.74, 6) is -0.747. The molecule has 2 aliphatic heterocycles. The Morgan fingerprint density at radius 2 is 1.93 bits per heavy atom. The molecule has 2 heterocycles. The summed E-state index contributed by atoms with van der Waals surface area (Å²) in [6.07, 6.45) is 0.499. The van der Waals surface area contributed by atoms with Crippen LogP contribution in [-0.4, -0.2) is 40.9 Å². The standard InChI is InChI=1S/C21H20N4O5/c1-11-8-17(26)18(30-2)9-15(11)24-23-14-5-3-4-12-13(14)10-25(21(12)29)16-6-7-19(27)22-20(16)28/h3-5,8-9,16,26H,6-7,10H2,1-2H3,(H,22,27,28). The number of azo groups is 1. The largest absolute Gasteiger partial charge is 0.504 e. The number of nitrogens with zero attached hydrogens (tertiary/aromatic N) is 3. The predicted octanol–water partition coefficient (Wildman–Crippen LogP) is 2.89. The molecular weight excluding hydrogens is 388 g/mol. The molecule has 9 heteroatoms. The Bertz CT molecular complexity index is 1100. The van der Waals surface area contributed by atoms with Gasteiger partial charge >= 0.3 is 0 Å².